The predicted octanol–water partition coefficient (Wildman–Crippen LogP) is 3.19. The molecule has 1 aromatic carbocycles. The number of aliphatic hydroxyl groups is 1. The van der Waals surface area contributed by atoms with Crippen molar-refractivity contribution in [3.8, 4) is 11.5 Å². The number of rotatable bonds is 7. The molecule has 1 N–H and O–H groups in total. The molecule has 0 aliphatic carbocycles. The van der Waals surface area contributed by atoms with Crippen molar-refractivity contribution in [1.82, 2.24) is 0 Å². The second-order valence-electron chi connectivity index (χ2n) is 7.31. The van der Waals surface area contributed by atoms with E-state index in [1.807, 2.05) is 13.8 Å². The van der Waals surface area contributed by atoms with Crippen molar-refractivity contribution >= 4 is 5.97 Å². The molecule has 1 rings (SSSR count). The standard InChI is InChI=1S/C18H28O5/c1-16(2,15(19)21-7)12-22-13-8-10-14(11-9-13)23-18(5,6)17(3,4)20/h8-11,20H,12H2,1-7H3. The van der Waals surface area contributed by atoms with Gasteiger partial charge in [-0.25, -0.2) is 0 Å². The quantitative estimate of drug-likeness (QED) is 0.780. The van der Waals surface area contributed by atoms with E-state index in [9.17, 15) is 9.90 Å². The second kappa shape index (κ2) is 6.79. The summed E-state index contributed by atoms with van der Waals surface area (Å²) >= 11 is 0. The maximum Gasteiger partial charge on any atom is 0.314 e. The highest BCUT2D eigenvalue weighted by Crippen LogP contribution is 2.29. The maximum absolute atomic E-state index is 11.6. The van der Waals surface area contributed by atoms with Crippen LogP contribution in [-0.4, -0.2) is 36.0 Å². The SMILES string of the molecule is COC(=O)C(C)(C)COc1ccc(OC(C)(C)C(C)(C)O)cc1. The molecule has 0 unspecified atom stereocenters. The zero-order chi connectivity index (χ0) is 17.9. The van der Waals surface area contributed by atoms with E-state index >= 15 is 0 Å². The summed E-state index contributed by atoms with van der Waals surface area (Å²) < 4.78 is 16.2. The first kappa shape index (κ1) is 19.3. The van der Waals surface area contributed by atoms with Crippen molar-refractivity contribution in [2.45, 2.75) is 52.7 Å². The highest BCUT2D eigenvalue weighted by Gasteiger charge is 2.37. The predicted molar refractivity (Wildman–Crippen MR) is 88.7 cm³/mol. The van der Waals surface area contributed by atoms with Gasteiger partial charge >= 0.3 is 5.97 Å². The van der Waals surface area contributed by atoms with Gasteiger partial charge in [0.05, 0.1) is 18.1 Å². The molecule has 130 valence electrons. The number of hydrogen-bond acceptors (Lipinski definition) is 5. The summed E-state index contributed by atoms with van der Waals surface area (Å²) in [5, 5.41) is 10.1. The maximum atomic E-state index is 11.6. The van der Waals surface area contributed by atoms with Gasteiger partial charge in [-0.1, -0.05) is 0 Å². The average molecular weight is 324 g/mol. The van der Waals surface area contributed by atoms with Crippen LogP contribution in [0.15, 0.2) is 24.3 Å². The van der Waals surface area contributed by atoms with Crippen LogP contribution >= 0.6 is 0 Å². The van der Waals surface area contributed by atoms with E-state index in [0.717, 1.165) is 0 Å². The fraction of sp³-hybridized carbons (Fsp3) is 0.611. The van der Waals surface area contributed by atoms with Crippen LogP contribution < -0.4 is 9.47 Å². The van der Waals surface area contributed by atoms with Crippen molar-refractivity contribution in [2.75, 3.05) is 13.7 Å². The smallest absolute Gasteiger partial charge is 0.314 e. The molecule has 0 spiro atoms. The molecule has 0 saturated carbocycles. The van der Waals surface area contributed by atoms with Gasteiger partial charge in [0.15, 0.2) is 0 Å². The summed E-state index contributed by atoms with van der Waals surface area (Å²) in [6, 6.07) is 7.08. The van der Waals surface area contributed by atoms with Gasteiger partial charge in [0.25, 0.3) is 0 Å². The van der Waals surface area contributed by atoms with E-state index in [2.05, 4.69) is 0 Å². The third-order valence-corrected chi connectivity index (χ3v) is 4.01. The van der Waals surface area contributed by atoms with Crippen LogP contribution in [0.1, 0.15) is 41.5 Å². The summed E-state index contributed by atoms with van der Waals surface area (Å²) in [4.78, 5) is 11.6. The highest BCUT2D eigenvalue weighted by molar-refractivity contribution is 5.75. The Morgan fingerprint density at radius 2 is 1.48 bits per heavy atom. The number of benzene rings is 1. The lowest BCUT2D eigenvalue weighted by atomic mass is 9.89. The molecule has 0 radical (unpaired) electrons. The van der Waals surface area contributed by atoms with Crippen molar-refractivity contribution in [3.63, 3.8) is 0 Å². The van der Waals surface area contributed by atoms with Crippen molar-refractivity contribution < 1.29 is 24.1 Å². The van der Waals surface area contributed by atoms with Crippen LogP contribution in [0.3, 0.4) is 0 Å². The van der Waals surface area contributed by atoms with E-state index in [4.69, 9.17) is 14.2 Å². The Hall–Kier alpha value is -1.75. The molecular weight excluding hydrogens is 296 g/mol. The molecule has 0 saturated heterocycles. The molecule has 0 heterocycles. The van der Waals surface area contributed by atoms with Crippen LogP contribution in [0.2, 0.25) is 0 Å². The van der Waals surface area contributed by atoms with E-state index in [1.165, 1.54) is 7.11 Å². The first-order valence-corrected chi connectivity index (χ1v) is 7.62. The number of methoxy groups -OCH3 is 1. The Morgan fingerprint density at radius 3 is 1.91 bits per heavy atom. The third kappa shape index (κ3) is 5.13. The molecule has 0 amide bonds. The second-order valence-corrected chi connectivity index (χ2v) is 7.31. The lowest BCUT2D eigenvalue weighted by molar-refractivity contribution is -0.152. The summed E-state index contributed by atoms with van der Waals surface area (Å²) in [5.41, 5.74) is -2.43. The van der Waals surface area contributed by atoms with Gasteiger partial charge in [0.1, 0.15) is 23.7 Å². The van der Waals surface area contributed by atoms with Gasteiger partial charge in [-0.05, 0) is 65.8 Å². The van der Waals surface area contributed by atoms with Crippen molar-refractivity contribution in [1.29, 1.82) is 0 Å². The summed E-state index contributed by atoms with van der Waals surface area (Å²) in [7, 11) is 1.36. The zero-order valence-electron chi connectivity index (χ0n) is 15.1. The molecule has 0 aromatic heterocycles. The van der Waals surface area contributed by atoms with Crippen LogP contribution in [0.25, 0.3) is 0 Å². The van der Waals surface area contributed by atoms with Gasteiger partial charge in [0.2, 0.25) is 0 Å². The Labute approximate surface area is 138 Å². The Bertz CT molecular complexity index is 523. The van der Waals surface area contributed by atoms with Crippen LogP contribution in [-0.2, 0) is 9.53 Å². The molecule has 0 aliphatic heterocycles. The van der Waals surface area contributed by atoms with Gasteiger partial charge in [-0.15, -0.1) is 0 Å². The van der Waals surface area contributed by atoms with Gasteiger partial charge in [-0.2, -0.15) is 0 Å². The molecule has 5 nitrogen and oxygen atoms in total. The molecular formula is C18H28O5. The number of esters is 1. The summed E-state index contributed by atoms with van der Waals surface area (Å²) in [6.07, 6.45) is 0. The summed E-state index contributed by atoms with van der Waals surface area (Å²) in [5.74, 6) is 0.955. The Kier molecular flexibility index (Phi) is 5.69. The van der Waals surface area contributed by atoms with Crippen molar-refractivity contribution in [3.05, 3.63) is 24.3 Å². The minimum atomic E-state index is -0.979. The Morgan fingerprint density at radius 1 is 1.00 bits per heavy atom. The fourth-order valence-electron chi connectivity index (χ4n) is 1.62. The first-order chi connectivity index (χ1) is 10.4. The number of carbonyl (C=O) groups is 1. The largest absolute Gasteiger partial charge is 0.492 e. The fourth-order valence-corrected chi connectivity index (χ4v) is 1.62. The molecule has 5 heteroatoms. The minimum Gasteiger partial charge on any atom is -0.492 e. The molecule has 0 bridgehead atoms. The van der Waals surface area contributed by atoms with Crippen LogP contribution in [0, 0.1) is 5.41 Å². The lowest BCUT2D eigenvalue weighted by Crippen LogP contribution is -2.49. The van der Waals surface area contributed by atoms with Gasteiger partial charge in [0, 0.05) is 0 Å². The van der Waals surface area contributed by atoms with Crippen molar-refractivity contribution in [2.24, 2.45) is 5.41 Å². The van der Waals surface area contributed by atoms with E-state index < -0.39 is 16.6 Å². The monoisotopic (exact) mass is 324 g/mol. The Balaban J connectivity index is 2.69. The molecule has 0 aliphatic rings. The molecule has 0 fully saturated rings. The highest BCUT2D eigenvalue weighted by atomic mass is 16.5. The van der Waals surface area contributed by atoms with E-state index in [1.54, 1.807) is 52.0 Å². The number of ether oxygens (including phenoxy) is 3. The van der Waals surface area contributed by atoms with Gasteiger partial charge < -0.3 is 19.3 Å². The summed E-state index contributed by atoms with van der Waals surface area (Å²) in [6.45, 7) is 10.8. The number of carbonyl (C=O) groups excluding carboxylic acids is 1. The lowest BCUT2D eigenvalue weighted by Gasteiger charge is -2.37. The molecule has 0 atom stereocenters. The normalized spacial score (nSPS) is 12.7. The van der Waals surface area contributed by atoms with E-state index in [-0.39, 0.29) is 12.6 Å². The zero-order valence-corrected chi connectivity index (χ0v) is 15.1. The van der Waals surface area contributed by atoms with Crippen LogP contribution in [0.5, 0.6) is 11.5 Å². The topological polar surface area (TPSA) is 65.0 Å². The molecule has 1 aromatic rings. The number of hydrogen-bond donors (Lipinski definition) is 1. The van der Waals surface area contributed by atoms with E-state index in [0.29, 0.717) is 11.5 Å². The van der Waals surface area contributed by atoms with Gasteiger partial charge in [-0.3, -0.25) is 4.79 Å². The first-order valence-electron chi connectivity index (χ1n) is 7.62. The third-order valence-electron chi connectivity index (χ3n) is 4.01. The van der Waals surface area contributed by atoms with Crippen LogP contribution in [0.4, 0.5) is 0 Å². The minimum absolute atomic E-state index is 0.217. The average Bonchev–Trinajstić information content (AvgIpc) is 2.44. The molecule has 23 heavy (non-hydrogen) atoms.